The number of allylic oxidation sites excluding steroid dienone is 3. The highest BCUT2D eigenvalue weighted by atomic mass is 16.5. The van der Waals surface area contributed by atoms with Crippen LogP contribution in [0.3, 0.4) is 0 Å². The maximum atomic E-state index is 12.1. The van der Waals surface area contributed by atoms with Gasteiger partial charge in [0, 0.05) is 17.0 Å². The van der Waals surface area contributed by atoms with Crippen LogP contribution in [0.1, 0.15) is 31.9 Å². The molecule has 2 aromatic rings. The summed E-state index contributed by atoms with van der Waals surface area (Å²) in [5.74, 6) is 0.616. The van der Waals surface area contributed by atoms with Crippen molar-refractivity contribution in [3.63, 3.8) is 0 Å². The second-order valence-electron chi connectivity index (χ2n) is 8.42. The molecule has 1 unspecified atom stereocenters. The van der Waals surface area contributed by atoms with Gasteiger partial charge in [0.15, 0.2) is 0 Å². The van der Waals surface area contributed by atoms with Crippen molar-refractivity contribution < 1.29 is 9.84 Å². The monoisotopic (exact) mass is 372 g/mol. The van der Waals surface area contributed by atoms with Crippen molar-refractivity contribution in [1.82, 2.24) is 0 Å². The Balaban J connectivity index is 1.81. The first-order valence-electron chi connectivity index (χ1n) is 9.71. The lowest BCUT2D eigenvalue weighted by molar-refractivity contribution is 0.123. The molecule has 2 aromatic carbocycles. The molecule has 28 heavy (non-hydrogen) atoms. The summed E-state index contributed by atoms with van der Waals surface area (Å²) in [6.07, 6.45) is 5.90. The van der Waals surface area contributed by atoms with Gasteiger partial charge < -0.3 is 15.2 Å². The number of nitrogens with zero attached hydrogens (tertiary/aromatic N) is 1. The van der Waals surface area contributed by atoms with Crippen LogP contribution in [0.5, 0.6) is 0 Å². The van der Waals surface area contributed by atoms with Crippen LogP contribution in [-0.4, -0.2) is 17.8 Å². The Morgan fingerprint density at radius 3 is 2.00 bits per heavy atom. The van der Waals surface area contributed by atoms with Crippen molar-refractivity contribution in [2.45, 2.75) is 32.4 Å². The third-order valence-corrected chi connectivity index (χ3v) is 5.47. The number of hydrogen-bond donors (Lipinski definition) is 1. The second kappa shape index (κ2) is 6.99. The zero-order valence-electron chi connectivity index (χ0n) is 16.6. The molecule has 1 N–H and O–H groups in total. The maximum Gasteiger partial charge on any atom is 0.141 e. The molecular weight excluding hydrogens is 346 g/mol. The number of rotatable bonds is 3. The Morgan fingerprint density at radius 1 is 0.929 bits per heavy atom. The average Bonchev–Trinajstić information content (AvgIpc) is 3.38. The topological polar surface area (TPSA) is 43.6 Å². The van der Waals surface area contributed by atoms with Gasteiger partial charge in [0.05, 0.1) is 6.61 Å². The molecule has 0 saturated carbocycles. The van der Waals surface area contributed by atoms with Gasteiger partial charge in [-0.05, 0) is 16.5 Å². The molecule has 3 nitrogen and oxygen atoms in total. The molecule has 3 heteroatoms. The number of hydrogen-bond acceptors (Lipinski definition) is 2. The number of ether oxygens (including phenoxy) is 1. The fraction of sp³-hybridized carbons (Fsp3) is 0.280. The normalized spacial score (nSPS) is 22.0. The lowest BCUT2D eigenvalue weighted by Crippen LogP contribution is -2.30. The summed E-state index contributed by atoms with van der Waals surface area (Å²) in [7, 11) is 0. The molecule has 4 rings (SSSR count). The Bertz CT molecular complexity index is 894. The zero-order valence-corrected chi connectivity index (χ0v) is 16.6. The second-order valence-corrected chi connectivity index (χ2v) is 8.42. The van der Waals surface area contributed by atoms with Gasteiger partial charge in [-0.2, -0.15) is 0 Å². The molecule has 1 heterocycles. The molecule has 1 saturated heterocycles. The van der Waals surface area contributed by atoms with E-state index in [1.807, 2.05) is 78.9 Å². The summed E-state index contributed by atoms with van der Waals surface area (Å²) < 4.78 is 5.98. The predicted octanol–water partition coefficient (Wildman–Crippen LogP) is 5.45. The predicted molar refractivity (Wildman–Crippen MR) is 113 cm³/mol. The number of aliphatic hydroxyl groups is 1. The highest BCUT2D eigenvalue weighted by Gasteiger charge is 2.38. The van der Waals surface area contributed by atoms with Crippen molar-refractivity contribution >= 4 is 0 Å². The molecule has 0 spiro atoms. The summed E-state index contributed by atoms with van der Waals surface area (Å²) in [6.45, 7) is 7.08. The Kier molecular flexibility index (Phi) is 4.64. The molecule has 1 atom stereocenters. The molecule has 0 radical (unpaired) electrons. The standard InChI is InChI=1S/C25H26NO2/c1-24(2,3)22-17-28-23(26-22)20-15-10-16-21(20)25(27,18-11-6-4-7-12-18)19-13-8-5-9-14-19/h4-16,22,27H,17H2,1-3H3/q-1/b23-20+. The van der Waals surface area contributed by atoms with Crippen molar-refractivity contribution in [1.29, 1.82) is 0 Å². The smallest absolute Gasteiger partial charge is 0.141 e. The molecule has 0 aromatic heterocycles. The van der Waals surface area contributed by atoms with E-state index >= 15 is 0 Å². The van der Waals surface area contributed by atoms with Crippen molar-refractivity contribution in [2.75, 3.05) is 6.61 Å². The van der Waals surface area contributed by atoms with Crippen LogP contribution < -0.4 is 0 Å². The van der Waals surface area contributed by atoms with Crippen LogP contribution >= 0.6 is 0 Å². The first kappa shape index (κ1) is 18.6. The van der Waals surface area contributed by atoms with E-state index in [-0.39, 0.29) is 11.5 Å². The van der Waals surface area contributed by atoms with Crippen molar-refractivity contribution in [3.05, 3.63) is 112 Å². The van der Waals surface area contributed by atoms with Crippen LogP contribution in [-0.2, 0) is 10.3 Å². The van der Waals surface area contributed by atoms with E-state index in [2.05, 4.69) is 20.8 Å². The summed E-state index contributed by atoms with van der Waals surface area (Å²) in [6, 6.07) is 19.6. The van der Waals surface area contributed by atoms with Gasteiger partial charge in [0.1, 0.15) is 5.60 Å². The minimum absolute atomic E-state index is 0.0314. The molecule has 144 valence electrons. The zero-order chi connectivity index (χ0) is 19.8. The van der Waals surface area contributed by atoms with Crippen LogP contribution in [0.4, 0.5) is 0 Å². The van der Waals surface area contributed by atoms with Gasteiger partial charge >= 0.3 is 0 Å². The minimum Gasteiger partial charge on any atom is -0.648 e. The highest BCUT2D eigenvalue weighted by Crippen LogP contribution is 2.46. The lowest BCUT2D eigenvalue weighted by Gasteiger charge is -2.36. The minimum atomic E-state index is -1.28. The maximum absolute atomic E-state index is 12.1. The average molecular weight is 372 g/mol. The fourth-order valence-electron chi connectivity index (χ4n) is 3.72. The summed E-state index contributed by atoms with van der Waals surface area (Å²) >= 11 is 0. The summed E-state index contributed by atoms with van der Waals surface area (Å²) in [5.41, 5.74) is 2.02. The van der Waals surface area contributed by atoms with Gasteiger partial charge in [-0.3, -0.25) is 0 Å². The molecule has 1 aliphatic carbocycles. The van der Waals surface area contributed by atoms with E-state index in [1.165, 1.54) is 0 Å². The van der Waals surface area contributed by atoms with Crippen LogP contribution in [0.25, 0.3) is 5.32 Å². The van der Waals surface area contributed by atoms with Gasteiger partial charge in [-0.1, -0.05) is 106 Å². The van der Waals surface area contributed by atoms with Gasteiger partial charge in [-0.15, -0.1) is 0 Å². The van der Waals surface area contributed by atoms with Crippen LogP contribution in [0, 0.1) is 5.41 Å². The molecule has 0 bridgehead atoms. The first-order chi connectivity index (χ1) is 13.4. The Morgan fingerprint density at radius 2 is 1.50 bits per heavy atom. The van der Waals surface area contributed by atoms with Crippen molar-refractivity contribution in [3.8, 4) is 0 Å². The lowest BCUT2D eigenvalue weighted by atomic mass is 9.78. The SMILES string of the molecule is CC(C)(C)C1CO/C(=C2\C=CC=C2C(O)(c2ccccc2)c2ccccc2)[N-]1. The van der Waals surface area contributed by atoms with E-state index in [9.17, 15) is 5.11 Å². The van der Waals surface area contributed by atoms with Gasteiger partial charge in [-0.25, -0.2) is 0 Å². The molecule has 0 amide bonds. The number of benzene rings is 2. The largest absolute Gasteiger partial charge is 0.648 e. The van der Waals surface area contributed by atoms with Crippen LogP contribution in [0.2, 0.25) is 0 Å². The van der Waals surface area contributed by atoms with Gasteiger partial charge in [0.25, 0.3) is 0 Å². The quantitative estimate of drug-likeness (QED) is 0.779. The molecular formula is C25H26NO2-. The van der Waals surface area contributed by atoms with E-state index in [0.717, 1.165) is 22.3 Å². The van der Waals surface area contributed by atoms with E-state index in [0.29, 0.717) is 12.5 Å². The molecule has 1 fully saturated rings. The summed E-state index contributed by atoms with van der Waals surface area (Å²) in [4.78, 5) is 0. The fourth-order valence-corrected chi connectivity index (χ4v) is 3.72. The van der Waals surface area contributed by atoms with Gasteiger partial charge in [0.2, 0.25) is 0 Å². The van der Waals surface area contributed by atoms with Crippen LogP contribution in [0.15, 0.2) is 95.9 Å². The first-order valence-corrected chi connectivity index (χ1v) is 9.71. The molecule has 1 aliphatic heterocycles. The third-order valence-electron chi connectivity index (χ3n) is 5.47. The Labute approximate surface area is 167 Å². The van der Waals surface area contributed by atoms with E-state index in [4.69, 9.17) is 10.1 Å². The Hall–Kier alpha value is -2.78. The van der Waals surface area contributed by atoms with E-state index < -0.39 is 5.60 Å². The van der Waals surface area contributed by atoms with Crippen molar-refractivity contribution in [2.24, 2.45) is 5.41 Å². The third kappa shape index (κ3) is 3.16. The van der Waals surface area contributed by atoms with E-state index in [1.54, 1.807) is 0 Å². The highest BCUT2D eigenvalue weighted by molar-refractivity contribution is 5.62. The molecule has 2 aliphatic rings. The summed E-state index contributed by atoms with van der Waals surface area (Å²) in [5, 5.41) is 16.9.